The zero-order chi connectivity index (χ0) is 16.1. The first-order chi connectivity index (χ1) is 10.5. The molecular weight excluding hydrogens is 320 g/mol. The molecule has 1 N–H and O–H groups in total. The Balaban J connectivity index is 1.94. The second kappa shape index (κ2) is 7.61. The van der Waals surface area contributed by atoms with Gasteiger partial charge in [-0.05, 0) is 44.0 Å². The number of nitrogens with one attached hydrogen (secondary N) is 1. The van der Waals surface area contributed by atoms with Crippen LogP contribution in [0.3, 0.4) is 0 Å². The highest BCUT2D eigenvalue weighted by Gasteiger charge is 2.13. The van der Waals surface area contributed by atoms with Crippen molar-refractivity contribution in [1.82, 2.24) is 10.3 Å². The van der Waals surface area contributed by atoms with Crippen LogP contribution in [0.1, 0.15) is 41.3 Å². The number of hydrogen-bond donors (Lipinski definition) is 1. The van der Waals surface area contributed by atoms with Gasteiger partial charge in [-0.25, -0.2) is 4.98 Å². The van der Waals surface area contributed by atoms with Gasteiger partial charge in [0.2, 0.25) is 0 Å². The third kappa shape index (κ3) is 4.45. The molecule has 0 unspecified atom stereocenters. The van der Waals surface area contributed by atoms with Crippen molar-refractivity contribution in [2.24, 2.45) is 0 Å². The summed E-state index contributed by atoms with van der Waals surface area (Å²) in [5.41, 5.74) is 1.41. The Kier molecular flexibility index (Phi) is 5.80. The van der Waals surface area contributed by atoms with Gasteiger partial charge in [0.05, 0.1) is 0 Å². The molecule has 118 valence electrons. The van der Waals surface area contributed by atoms with E-state index in [0.717, 1.165) is 22.7 Å². The molecule has 0 aliphatic heterocycles. The van der Waals surface area contributed by atoms with E-state index in [2.05, 4.69) is 10.3 Å². The average Bonchev–Trinajstić information content (AvgIpc) is 2.97. The van der Waals surface area contributed by atoms with Crippen molar-refractivity contribution in [2.45, 2.75) is 39.8 Å². The van der Waals surface area contributed by atoms with Crippen LogP contribution >= 0.6 is 22.9 Å². The number of aromatic nitrogens is 1. The molecule has 2 rings (SSSR count). The second-order valence-corrected chi connectivity index (χ2v) is 6.46. The van der Waals surface area contributed by atoms with Crippen LogP contribution in [0, 0.1) is 6.92 Å². The Labute approximate surface area is 139 Å². The standard InChI is InChI=1S/C16H19ClN2O2S/c1-4-11(3)18-16(20)14-9-22-15(19-14)8-21-12-5-6-13(17)10(2)7-12/h5-7,9,11H,4,8H2,1-3H3,(H,18,20)/t11-/m1/s1. The summed E-state index contributed by atoms with van der Waals surface area (Å²) in [6.07, 6.45) is 0.891. The van der Waals surface area contributed by atoms with Crippen LogP contribution in [0.4, 0.5) is 0 Å². The van der Waals surface area contributed by atoms with Gasteiger partial charge in [0.1, 0.15) is 23.1 Å². The van der Waals surface area contributed by atoms with Crippen LogP contribution < -0.4 is 10.1 Å². The number of carbonyl (C=O) groups is 1. The summed E-state index contributed by atoms with van der Waals surface area (Å²) in [6, 6.07) is 5.65. The maximum atomic E-state index is 12.0. The van der Waals surface area contributed by atoms with E-state index in [9.17, 15) is 4.79 Å². The van der Waals surface area contributed by atoms with Gasteiger partial charge >= 0.3 is 0 Å². The number of hydrogen-bond acceptors (Lipinski definition) is 4. The minimum absolute atomic E-state index is 0.140. The predicted molar refractivity (Wildman–Crippen MR) is 89.9 cm³/mol. The van der Waals surface area contributed by atoms with Gasteiger partial charge in [0.25, 0.3) is 5.91 Å². The topological polar surface area (TPSA) is 51.2 Å². The molecule has 0 fully saturated rings. The lowest BCUT2D eigenvalue weighted by atomic mass is 10.2. The van der Waals surface area contributed by atoms with Crippen LogP contribution in [-0.2, 0) is 6.61 Å². The van der Waals surface area contributed by atoms with Gasteiger partial charge in [-0.3, -0.25) is 4.79 Å². The van der Waals surface area contributed by atoms with Gasteiger partial charge in [0.15, 0.2) is 0 Å². The molecule has 6 heteroatoms. The fourth-order valence-corrected chi connectivity index (χ4v) is 2.54. The molecule has 1 aromatic carbocycles. The van der Waals surface area contributed by atoms with Crippen molar-refractivity contribution in [3.63, 3.8) is 0 Å². The number of rotatable bonds is 6. The van der Waals surface area contributed by atoms with E-state index < -0.39 is 0 Å². The maximum Gasteiger partial charge on any atom is 0.270 e. The Bertz CT molecular complexity index is 657. The lowest BCUT2D eigenvalue weighted by molar-refractivity contribution is 0.0934. The monoisotopic (exact) mass is 338 g/mol. The van der Waals surface area contributed by atoms with Gasteiger partial charge in [-0.15, -0.1) is 11.3 Å². The molecule has 0 saturated carbocycles. The van der Waals surface area contributed by atoms with E-state index in [0.29, 0.717) is 17.3 Å². The van der Waals surface area contributed by atoms with Gasteiger partial charge < -0.3 is 10.1 Å². The van der Waals surface area contributed by atoms with Crippen LogP contribution in [-0.4, -0.2) is 16.9 Å². The summed E-state index contributed by atoms with van der Waals surface area (Å²) < 4.78 is 5.68. The van der Waals surface area contributed by atoms with E-state index in [-0.39, 0.29) is 11.9 Å². The van der Waals surface area contributed by atoms with Crippen LogP contribution in [0.2, 0.25) is 5.02 Å². The number of carbonyl (C=O) groups excluding carboxylic acids is 1. The van der Waals surface area contributed by atoms with Gasteiger partial charge in [0, 0.05) is 16.4 Å². The minimum Gasteiger partial charge on any atom is -0.486 e. The number of ether oxygens (including phenoxy) is 1. The molecule has 1 aromatic heterocycles. The fraction of sp³-hybridized carbons (Fsp3) is 0.375. The van der Waals surface area contributed by atoms with Crippen LogP contribution in [0.25, 0.3) is 0 Å². The smallest absolute Gasteiger partial charge is 0.270 e. The molecule has 1 heterocycles. The Morgan fingerprint density at radius 2 is 2.27 bits per heavy atom. The fourth-order valence-electron chi connectivity index (χ4n) is 1.73. The lowest BCUT2D eigenvalue weighted by Crippen LogP contribution is -2.32. The largest absolute Gasteiger partial charge is 0.486 e. The number of amides is 1. The van der Waals surface area contributed by atoms with E-state index >= 15 is 0 Å². The molecule has 0 spiro atoms. The van der Waals surface area contributed by atoms with E-state index in [4.69, 9.17) is 16.3 Å². The first kappa shape index (κ1) is 16.8. The molecule has 0 radical (unpaired) electrons. The van der Waals surface area contributed by atoms with Crippen molar-refractivity contribution < 1.29 is 9.53 Å². The molecule has 0 bridgehead atoms. The summed E-state index contributed by atoms with van der Waals surface area (Å²) in [6.45, 7) is 6.26. The minimum atomic E-state index is -0.140. The second-order valence-electron chi connectivity index (χ2n) is 5.11. The van der Waals surface area contributed by atoms with Crippen LogP contribution in [0.5, 0.6) is 5.75 Å². The number of aryl methyl sites for hydroxylation is 1. The summed E-state index contributed by atoms with van der Waals surface area (Å²) in [4.78, 5) is 16.3. The number of halogens is 1. The first-order valence-corrected chi connectivity index (χ1v) is 8.39. The highest BCUT2D eigenvalue weighted by atomic mass is 35.5. The summed E-state index contributed by atoms with van der Waals surface area (Å²) in [5.74, 6) is 0.599. The normalized spacial score (nSPS) is 12.0. The quantitative estimate of drug-likeness (QED) is 0.858. The number of nitrogens with zero attached hydrogens (tertiary/aromatic N) is 1. The number of thiazole rings is 1. The van der Waals surface area contributed by atoms with E-state index in [1.807, 2.05) is 32.9 Å². The molecule has 0 aliphatic carbocycles. The Morgan fingerprint density at radius 3 is 2.95 bits per heavy atom. The molecular formula is C16H19ClN2O2S. The van der Waals surface area contributed by atoms with Crippen LogP contribution in [0.15, 0.2) is 23.6 Å². The maximum absolute atomic E-state index is 12.0. The predicted octanol–water partition coefficient (Wildman–Crippen LogP) is 4.21. The summed E-state index contributed by atoms with van der Waals surface area (Å²) in [7, 11) is 0. The first-order valence-electron chi connectivity index (χ1n) is 7.13. The van der Waals surface area contributed by atoms with E-state index in [1.165, 1.54) is 11.3 Å². The molecule has 4 nitrogen and oxygen atoms in total. The van der Waals surface area contributed by atoms with Gasteiger partial charge in [-0.1, -0.05) is 18.5 Å². The molecule has 1 amide bonds. The molecule has 0 saturated heterocycles. The van der Waals surface area contributed by atoms with Crippen molar-refractivity contribution in [3.05, 3.63) is 44.9 Å². The molecule has 22 heavy (non-hydrogen) atoms. The van der Waals surface area contributed by atoms with Crippen molar-refractivity contribution in [1.29, 1.82) is 0 Å². The highest BCUT2D eigenvalue weighted by Crippen LogP contribution is 2.22. The van der Waals surface area contributed by atoms with Crippen molar-refractivity contribution in [3.8, 4) is 5.75 Å². The number of benzene rings is 1. The van der Waals surface area contributed by atoms with E-state index in [1.54, 1.807) is 11.4 Å². The molecule has 0 aliphatic rings. The molecule has 1 atom stereocenters. The zero-order valence-corrected chi connectivity index (χ0v) is 14.4. The Morgan fingerprint density at radius 1 is 1.50 bits per heavy atom. The third-order valence-electron chi connectivity index (χ3n) is 3.27. The third-order valence-corrected chi connectivity index (χ3v) is 4.51. The lowest BCUT2D eigenvalue weighted by Gasteiger charge is -2.09. The highest BCUT2D eigenvalue weighted by molar-refractivity contribution is 7.09. The molecule has 2 aromatic rings. The van der Waals surface area contributed by atoms with Gasteiger partial charge in [-0.2, -0.15) is 0 Å². The van der Waals surface area contributed by atoms with Crippen molar-refractivity contribution >= 4 is 28.8 Å². The van der Waals surface area contributed by atoms with Crippen molar-refractivity contribution in [2.75, 3.05) is 0 Å². The SMILES string of the molecule is CC[C@@H](C)NC(=O)c1csc(COc2ccc(Cl)c(C)c2)n1. The average molecular weight is 339 g/mol. The Hall–Kier alpha value is -1.59. The summed E-state index contributed by atoms with van der Waals surface area (Å²) >= 11 is 7.40. The summed E-state index contributed by atoms with van der Waals surface area (Å²) in [5, 5.41) is 6.13. The zero-order valence-electron chi connectivity index (χ0n) is 12.9.